The highest BCUT2D eigenvalue weighted by Gasteiger charge is 2.27. The number of nitrogens with zero attached hydrogens (tertiary/aromatic N) is 3. The van der Waals surface area contributed by atoms with Crippen molar-refractivity contribution in [1.82, 2.24) is 9.97 Å². The lowest BCUT2D eigenvalue weighted by atomic mass is 10.1. The third kappa shape index (κ3) is 3.53. The molecule has 0 atom stereocenters. The first kappa shape index (κ1) is 19.3. The van der Waals surface area contributed by atoms with Crippen LogP contribution in [0.4, 0.5) is 11.5 Å². The number of fused-ring (bicyclic) bond motifs is 2. The summed E-state index contributed by atoms with van der Waals surface area (Å²) < 4.78 is 38.9. The maximum atomic E-state index is 11.5. The van der Waals surface area contributed by atoms with E-state index in [1.165, 1.54) is 6.33 Å². The summed E-state index contributed by atoms with van der Waals surface area (Å²) in [7, 11) is -0.406. The van der Waals surface area contributed by atoms with Crippen molar-refractivity contribution in [2.24, 2.45) is 0 Å². The number of methoxy groups -OCH3 is 2. The predicted molar refractivity (Wildman–Crippen MR) is 110 cm³/mol. The van der Waals surface area contributed by atoms with Crippen molar-refractivity contribution in [1.29, 1.82) is 0 Å². The highest BCUT2D eigenvalue weighted by molar-refractivity contribution is 7.86. The number of benzene rings is 2. The Morgan fingerprint density at radius 1 is 1.03 bits per heavy atom. The normalized spacial score (nSPS) is 13.4. The molecule has 3 aromatic rings. The molecule has 0 spiro atoms. The minimum Gasteiger partial charge on any atom is -0.493 e. The van der Waals surface area contributed by atoms with Crippen LogP contribution in [0.3, 0.4) is 0 Å². The van der Waals surface area contributed by atoms with Gasteiger partial charge >= 0.3 is 10.1 Å². The molecule has 1 aromatic heterocycles. The lowest BCUT2D eigenvalue weighted by molar-refractivity contribution is 0.356. The van der Waals surface area contributed by atoms with Crippen molar-refractivity contribution in [2.75, 3.05) is 31.9 Å². The second-order valence-electron chi connectivity index (χ2n) is 6.86. The second-order valence-corrected chi connectivity index (χ2v) is 8.43. The first-order valence-corrected chi connectivity index (χ1v) is 10.8. The average Bonchev–Trinajstić information content (AvgIpc) is 3.09. The largest absolute Gasteiger partial charge is 0.493 e. The molecule has 2 aromatic carbocycles. The summed E-state index contributed by atoms with van der Waals surface area (Å²) >= 11 is 0. The molecule has 2 heterocycles. The molecule has 8 nitrogen and oxygen atoms in total. The van der Waals surface area contributed by atoms with Crippen molar-refractivity contribution in [3.05, 3.63) is 41.7 Å². The molecular weight excluding hydrogens is 394 g/mol. The molecule has 152 valence electrons. The van der Waals surface area contributed by atoms with Crippen LogP contribution in [0.2, 0.25) is 0 Å². The second kappa shape index (κ2) is 7.07. The lowest BCUT2D eigenvalue weighted by Gasteiger charge is -2.22. The molecule has 0 N–H and O–H groups in total. The molecule has 0 unspecified atom stereocenters. The van der Waals surface area contributed by atoms with Gasteiger partial charge < -0.3 is 18.6 Å². The molecule has 1 aliphatic heterocycles. The Kier molecular flexibility index (Phi) is 4.70. The molecule has 0 amide bonds. The monoisotopic (exact) mass is 415 g/mol. The van der Waals surface area contributed by atoms with Gasteiger partial charge in [0.05, 0.1) is 26.0 Å². The van der Waals surface area contributed by atoms with E-state index in [2.05, 4.69) is 14.9 Å². The van der Waals surface area contributed by atoms with Crippen LogP contribution in [0.15, 0.2) is 30.6 Å². The van der Waals surface area contributed by atoms with Gasteiger partial charge in [-0.25, -0.2) is 9.97 Å². The fraction of sp³-hybridized carbons (Fsp3) is 0.300. The van der Waals surface area contributed by atoms with E-state index < -0.39 is 10.1 Å². The molecule has 0 aliphatic carbocycles. The van der Waals surface area contributed by atoms with E-state index in [-0.39, 0.29) is 0 Å². The molecule has 29 heavy (non-hydrogen) atoms. The van der Waals surface area contributed by atoms with Gasteiger partial charge in [-0.2, -0.15) is 8.42 Å². The van der Waals surface area contributed by atoms with Crippen molar-refractivity contribution >= 4 is 32.5 Å². The number of rotatable bonds is 5. The fourth-order valence-corrected chi connectivity index (χ4v) is 4.20. The van der Waals surface area contributed by atoms with Crippen LogP contribution in [-0.4, -0.2) is 45.4 Å². The third-order valence-electron chi connectivity index (χ3n) is 4.85. The van der Waals surface area contributed by atoms with Crippen molar-refractivity contribution in [3.8, 4) is 17.2 Å². The molecule has 0 bridgehead atoms. The summed E-state index contributed by atoms with van der Waals surface area (Å²) in [5.74, 6) is 2.29. The number of ether oxygens (including phenoxy) is 2. The van der Waals surface area contributed by atoms with Crippen LogP contribution in [-0.2, 0) is 16.5 Å². The van der Waals surface area contributed by atoms with Gasteiger partial charge in [0.2, 0.25) is 0 Å². The number of anilines is 2. The average molecular weight is 415 g/mol. The maximum absolute atomic E-state index is 11.5. The van der Waals surface area contributed by atoms with Crippen LogP contribution in [0.25, 0.3) is 10.9 Å². The SMILES string of the molecule is COc1cc2ncnc(N3CCc4cc(OS(C)(=O)=O)cc(C)c43)c2cc1OC. The fourth-order valence-electron chi connectivity index (χ4n) is 3.76. The van der Waals surface area contributed by atoms with Gasteiger partial charge in [-0.15, -0.1) is 0 Å². The summed E-state index contributed by atoms with van der Waals surface area (Å²) in [6.45, 7) is 2.64. The molecule has 0 saturated heterocycles. The third-order valence-corrected chi connectivity index (χ3v) is 5.35. The van der Waals surface area contributed by atoms with Crippen molar-refractivity contribution in [3.63, 3.8) is 0 Å². The molecule has 1 aliphatic rings. The Bertz CT molecular complexity index is 1210. The molecule has 0 saturated carbocycles. The van der Waals surface area contributed by atoms with Crippen LogP contribution < -0.4 is 18.6 Å². The summed E-state index contributed by atoms with van der Waals surface area (Å²) in [5, 5.41) is 0.842. The number of hydrogen-bond acceptors (Lipinski definition) is 8. The highest BCUT2D eigenvalue weighted by atomic mass is 32.2. The van der Waals surface area contributed by atoms with Gasteiger partial charge in [-0.3, -0.25) is 0 Å². The Morgan fingerprint density at radius 3 is 2.45 bits per heavy atom. The first-order valence-electron chi connectivity index (χ1n) is 8.98. The Hall–Kier alpha value is -3.07. The molecular formula is C20H21N3O5S. The number of aromatic nitrogens is 2. The van der Waals surface area contributed by atoms with E-state index in [0.717, 1.165) is 46.2 Å². The molecule has 4 rings (SSSR count). The maximum Gasteiger partial charge on any atom is 0.306 e. The Morgan fingerprint density at radius 2 is 1.76 bits per heavy atom. The van der Waals surface area contributed by atoms with Crippen LogP contribution in [0.5, 0.6) is 17.2 Å². The van der Waals surface area contributed by atoms with Gasteiger partial charge in [0.1, 0.15) is 17.9 Å². The first-order chi connectivity index (χ1) is 13.8. The Labute approximate surface area is 169 Å². The summed E-state index contributed by atoms with van der Waals surface area (Å²) in [6.07, 6.45) is 3.31. The van der Waals surface area contributed by atoms with Crippen LogP contribution in [0.1, 0.15) is 11.1 Å². The molecule has 0 fully saturated rings. The molecule has 0 radical (unpaired) electrons. The standard InChI is InChI=1S/C20H21N3O5S/c1-12-7-14(28-29(4,24)25)8-13-5-6-23(19(12)13)20-15-9-17(26-2)18(27-3)10-16(15)21-11-22-20/h7-11H,5-6H2,1-4H3. The van der Waals surface area contributed by atoms with Crippen molar-refractivity contribution < 1.29 is 22.1 Å². The zero-order valence-corrected chi connectivity index (χ0v) is 17.4. The minimum absolute atomic E-state index is 0.324. The van der Waals surface area contributed by atoms with E-state index in [1.54, 1.807) is 26.4 Å². The summed E-state index contributed by atoms with van der Waals surface area (Å²) in [4.78, 5) is 11.0. The van der Waals surface area contributed by atoms with Gasteiger partial charge in [-0.05, 0) is 42.7 Å². The van der Waals surface area contributed by atoms with Gasteiger partial charge in [0.25, 0.3) is 0 Å². The van der Waals surface area contributed by atoms with Crippen LogP contribution in [0, 0.1) is 6.92 Å². The van der Waals surface area contributed by atoms with Crippen LogP contribution >= 0.6 is 0 Å². The van der Waals surface area contributed by atoms with E-state index in [4.69, 9.17) is 13.7 Å². The number of aryl methyl sites for hydroxylation is 1. The summed E-state index contributed by atoms with van der Waals surface area (Å²) in [6, 6.07) is 7.20. The number of hydrogen-bond donors (Lipinski definition) is 0. The van der Waals surface area contributed by atoms with Gasteiger partial charge in [-0.1, -0.05) is 0 Å². The zero-order chi connectivity index (χ0) is 20.8. The predicted octanol–water partition coefficient (Wildman–Crippen LogP) is 2.99. The summed E-state index contributed by atoms with van der Waals surface area (Å²) in [5.41, 5.74) is 3.66. The quantitative estimate of drug-likeness (QED) is 0.588. The zero-order valence-electron chi connectivity index (χ0n) is 16.6. The van der Waals surface area contributed by atoms with Gasteiger partial charge in [0, 0.05) is 23.7 Å². The van der Waals surface area contributed by atoms with E-state index in [1.807, 2.05) is 19.1 Å². The minimum atomic E-state index is -3.58. The Balaban J connectivity index is 1.83. The van der Waals surface area contributed by atoms with Gasteiger partial charge in [0.15, 0.2) is 11.5 Å². The van der Waals surface area contributed by atoms with E-state index >= 15 is 0 Å². The highest BCUT2D eigenvalue weighted by Crippen LogP contribution is 2.42. The molecule has 9 heteroatoms. The van der Waals surface area contributed by atoms with E-state index in [9.17, 15) is 8.42 Å². The lowest BCUT2D eigenvalue weighted by Crippen LogP contribution is -2.16. The van der Waals surface area contributed by atoms with E-state index in [0.29, 0.717) is 23.8 Å². The van der Waals surface area contributed by atoms with Crippen molar-refractivity contribution in [2.45, 2.75) is 13.3 Å². The smallest absolute Gasteiger partial charge is 0.306 e. The topological polar surface area (TPSA) is 90.9 Å².